The van der Waals surface area contributed by atoms with Crippen molar-refractivity contribution in [3.63, 3.8) is 0 Å². The van der Waals surface area contributed by atoms with Gasteiger partial charge in [-0.05, 0) is 25.1 Å². The van der Waals surface area contributed by atoms with Crippen molar-refractivity contribution in [2.24, 2.45) is 0 Å². The van der Waals surface area contributed by atoms with Crippen LogP contribution in [0.3, 0.4) is 0 Å². The van der Waals surface area contributed by atoms with Crippen LogP contribution in [0.1, 0.15) is 11.4 Å². The van der Waals surface area contributed by atoms with E-state index in [1.54, 1.807) is 6.20 Å². The van der Waals surface area contributed by atoms with E-state index in [1.807, 2.05) is 48.1 Å². The van der Waals surface area contributed by atoms with Gasteiger partial charge in [-0.15, -0.1) is 0 Å². The monoisotopic (exact) mass is 323 g/mol. The van der Waals surface area contributed by atoms with Crippen LogP contribution in [0.25, 0.3) is 11.0 Å². The number of hydrogen-bond acceptors (Lipinski definition) is 5. The van der Waals surface area contributed by atoms with Crippen molar-refractivity contribution < 1.29 is 4.74 Å². The highest BCUT2D eigenvalue weighted by molar-refractivity contribution is 5.74. The lowest BCUT2D eigenvalue weighted by molar-refractivity contribution is -0.0406. The molecular weight excluding hydrogens is 302 g/mol. The third kappa shape index (κ3) is 3.29. The number of hydrogen-bond donors (Lipinski definition) is 0. The fraction of sp³-hybridized carbons (Fsp3) is 0.389. The van der Waals surface area contributed by atoms with Gasteiger partial charge in [-0.25, -0.2) is 9.97 Å². The fourth-order valence-corrected chi connectivity index (χ4v) is 3.14. The Hall–Kier alpha value is -2.31. The summed E-state index contributed by atoms with van der Waals surface area (Å²) < 4.78 is 7.81. The minimum atomic E-state index is 0.160. The molecule has 0 aliphatic carbocycles. The molecule has 0 amide bonds. The maximum Gasteiger partial charge on any atom is 0.0898 e. The third-order valence-corrected chi connectivity index (χ3v) is 4.39. The number of rotatable bonds is 4. The average Bonchev–Trinajstić information content (AvgIpc) is 3.09. The lowest BCUT2D eigenvalue weighted by Gasteiger charge is -2.32. The summed E-state index contributed by atoms with van der Waals surface area (Å²) in [5.74, 6) is 0. The second-order valence-corrected chi connectivity index (χ2v) is 6.20. The molecule has 0 N–H and O–H groups in total. The van der Waals surface area contributed by atoms with Crippen molar-refractivity contribution in [3.8, 4) is 0 Å². The smallest absolute Gasteiger partial charge is 0.0898 e. The molecule has 0 spiro atoms. The number of benzene rings is 1. The van der Waals surface area contributed by atoms with E-state index in [0.29, 0.717) is 0 Å². The normalized spacial score (nSPS) is 19.0. The second kappa shape index (κ2) is 6.67. The molecule has 1 aliphatic rings. The van der Waals surface area contributed by atoms with Crippen molar-refractivity contribution in [2.75, 3.05) is 19.7 Å². The van der Waals surface area contributed by atoms with Crippen molar-refractivity contribution >= 4 is 11.0 Å². The van der Waals surface area contributed by atoms with Crippen LogP contribution in [-0.2, 0) is 17.8 Å². The Morgan fingerprint density at radius 3 is 2.79 bits per heavy atom. The van der Waals surface area contributed by atoms with Crippen molar-refractivity contribution in [2.45, 2.75) is 26.1 Å². The zero-order chi connectivity index (χ0) is 16.4. The Labute approximate surface area is 141 Å². The summed E-state index contributed by atoms with van der Waals surface area (Å²) in [5.41, 5.74) is 3.97. The van der Waals surface area contributed by atoms with Crippen LogP contribution in [-0.4, -0.2) is 50.4 Å². The molecule has 4 rings (SSSR count). The molecule has 3 heterocycles. The van der Waals surface area contributed by atoms with Crippen molar-refractivity contribution in [1.29, 1.82) is 0 Å². The molecule has 0 unspecified atom stereocenters. The van der Waals surface area contributed by atoms with Gasteiger partial charge in [0.15, 0.2) is 0 Å². The Kier molecular flexibility index (Phi) is 4.23. The predicted octanol–water partition coefficient (Wildman–Crippen LogP) is 2.04. The van der Waals surface area contributed by atoms with E-state index in [-0.39, 0.29) is 6.10 Å². The van der Waals surface area contributed by atoms with Gasteiger partial charge in [0.1, 0.15) is 0 Å². The highest BCUT2D eigenvalue weighted by Gasteiger charge is 2.22. The van der Waals surface area contributed by atoms with Gasteiger partial charge in [0, 0.05) is 32.0 Å². The molecule has 6 nitrogen and oxygen atoms in total. The van der Waals surface area contributed by atoms with E-state index in [2.05, 4.69) is 15.0 Å². The summed E-state index contributed by atoms with van der Waals surface area (Å²) in [7, 11) is 0. The Morgan fingerprint density at radius 1 is 1.17 bits per heavy atom. The van der Waals surface area contributed by atoms with E-state index in [9.17, 15) is 0 Å². The molecule has 1 saturated heterocycles. The number of aromatic nitrogens is 4. The van der Waals surface area contributed by atoms with Gasteiger partial charge in [0.05, 0.1) is 41.7 Å². The molecule has 2 aromatic heterocycles. The lowest BCUT2D eigenvalue weighted by atomic mass is 10.2. The average molecular weight is 323 g/mol. The van der Waals surface area contributed by atoms with Gasteiger partial charge < -0.3 is 4.74 Å². The Balaban J connectivity index is 1.47. The first-order chi connectivity index (χ1) is 11.8. The van der Waals surface area contributed by atoms with Gasteiger partial charge in [0.2, 0.25) is 0 Å². The number of morpholine rings is 1. The van der Waals surface area contributed by atoms with Crippen LogP contribution in [0.5, 0.6) is 0 Å². The van der Waals surface area contributed by atoms with E-state index >= 15 is 0 Å². The largest absolute Gasteiger partial charge is 0.374 e. The predicted molar refractivity (Wildman–Crippen MR) is 91.5 cm³/mol. The highest BCUT2D eigenvalue weighted by atomic mass is 16.5. The molecule has 1 aliphatic heterocycles. The number of fused-ring (bicyclic) bond motifs is 1. The summed E-state index contributed by atoms with van der Waals surface area (Å²) in [4.78, 5) is 11.9. The van der Waals surface area contributed by atoms with Gasteiger partial charge in [-0.3, -0.25) is 9.58 Å². The second-order valence-electron chi connectivity index (χ2n) is 6.20. The summed E-state index contributed by atoms with van der Waals surface area (Å²) in [6.45, 7) is 6.17. The SMILES string of the molecule is Cc1nc2ccccc2nc1CN1CCO[C@@H](Cn2cccn2)C1. The molecular formula is C18H21N5O. The molecule has 0 radical (unpaired) electrons. The van der Waals surface area contributed by atoms with Crippen LogP contribution in [0.15, 0.2) is 42.7 Å². The fourth-order valence-electron chi connectivity index (χ4n) is 3.14. The van der Waals surface area contributed by atoms with Gasteiger partial charge in [0.25, 0.3) is 0 Å². The minimum Gasteiger partial charge on any atom is -0.374 e. The Bertz CT molecular complexity index is 817. The summed E-state index contributed by atoms with van der Waals surface area (Å²) in [5, 5.41) is 4.26. The zero-order valence-electron chi connectivity index (χ0n) is 13.8. The molecule has 1 atom stereocenters. The van der Waals surface area contributed by atoms with Crippen molar-refractivity contribution in [3.05, 3.63) is 54.1 Å². The molecule has 0 saturated carbocycles. The van der Waals surface area contributed by atoms with Crippen LogP contribution in [0.2, 0.25) is 0 Å². The van der Waals surface area contributed by atoms with Gasteiger partial charge in [-0.1, -0.05) is 12.1 Å². The first-order valence-corrected chi connectivity index (χ1v) is 8.31. The first kappa shape index (κ1) is 15.2. The van der Waals surface area contributed by atoms with Gasteiger partial charge in [-0.2, -0.15) is 5.10 Å². The van der Waals surface area contributed by atoms with Crippen LogP contribution in [0.4, 0.5) is 0 Å². The third-order valence-electron chi connectivity index (χ3n) is 4.39. The summed E-state index contributed by atoms with van der Waals surface area (Å²) in [6.07, 6.45) is 3.93. The summed E-state index contributed by atoms with van der Waals surface area (Å²) >= 11 is 0. The number of ether oxygens (including phenoxy) is 1. The summed E-state index contributed by atoms with van der Waals surface area (Å²) in [6, 6.07) is 9.97. The van der Waals surface area contributed by atoms with Crippen LogP contribution < -0.4 is 0 Å². The first-order valence-electron chi connectivity index (χ1n) is 8.31. The van der Waals surface area contributed by atoms with Crippen LogP contribution >= 0.6 is 0 Å². The Morgan fingerprint density at radius 2 is 2.00 bits per heavy atom. The number of para-hydroxylation sites is 2. The minimum absolute atomic E-state index is 0.160. The molecule has 6 heteroatoms. The molecule has 1 aromatic carbocycles. The standard InChI is InChI=1S/C18H21N5O/c1-14-18(21-17-6-3-2-5-16(17)20-14)13-22-9-10-24-15(11-22)12-23-8-4-7-19-23/h2-8,15H,9-13H2,1H3/t15-/m1/s1. The number of aryl methyl sites for hydroxylation is 1. The molecule has 3 aromatic rings. The van der Waals surface area contributed by atoms with Crippen LogP contribution in [0, 0.1) is 6.92 Å². The zero-order valence-corrected chi connectivity index (χ0v) is 13.8. The maximum atomic E-state index is 5.88. The van der Waals surface area contributed by atoms with Gasteiger partial charge >= 0.3 is 0 Å². The van der Waals surface area contributed by atoms with E-state index in [0.717, 1.165) is 55.2 Å². The maximum absolute atomic E-state index is 5.88. The molecule has 0 bridgehead atoms. The van der Waals surface area contributed by atoms with E-state index < -0.39 is 0 Å². The molecule has 124 valence electrons. The quantitative estimate of drug-likeness (QED) is 0.735. The lowest BCUT2D eigenvalue weighted by Crippen LogP contribution is -2.44. The molecule has 1 fully saturated rings. The number of nitrogens with zero attached hydrogens (tertiary/aromatic N) is 5. The molecule has 24 heavy (non-hydrogen) atoms. The topological polar surface area (TPSA) is 56.1 Å². The van der Waals surface area contributed by atoms with Crippen molar-refractivity contribution in [1.82, 2.24) is 24.6 Å². The van der Waals surface area contributed by atoms with E-state index in [4.69, 9.17) is 9.72 Å². The highest BCUT2D eigenvalue weighted by Crippen LogP contribution is 2.16. The van der Waals surface area contributed by atoms with E-state index in [1.165, 1.54) is 0 Å².